The van der Waals surface area contributed by atoms with Crippen molar-refractivity contribution >= 4 is 17.3 Å². The zero-order valence-electron chi connectivity index (χ0n) is 8.66. The van der Waals surface area contributed by atoms with Crippen LogP contribution in [-0.2, 0) is 4.74 Å². The highest BCUT2D eigenvalue weighted by molar-refractivity contribution is 7.13. The topological polar surface area (TPSA) is 51.2 Å². The van der Waals surface area contributed by atoms with Gasteiger partial charge in [-0.25, -0.2) is 9.78 Å². The maximum Gasteiger partial charge on any atom is 0.349 e. The van der Waals surface area contributed by atoms with Crippen molar-refractivity contribution in [2.45, 2.75) is 19.3 Å². The van der Waals surface area contributed by atoms with Gasteiger partial charge in [0, 0.05) is 12.5 Å². The maximum atomic E-state index is 11.4. The molecule has 0 spiro atoms. The quantitative estimate of drug-likeness (QED) is 0.791. The average Bonchev–Trinajstić information content (AvgIpc) is 2.89. The van der Waals surface area contributed by atoms with E-state index in [1.165, 1.54) is 11.3 Å². The number of carbonyl (C=O) groups excluding carboxylic acids is 1. The molecule has 1 fully saturated rings. The molecule has 2 rings (SSSR count). The van der Waals surface area contributed by atoms with Crippen LogP contribution in [-0.4, -0.2) is 30.6 Å². The number of hydrogen-bond donors (Lipinski definition) is 1. The number of rotatable bonds is 3. The molecule has 1 N–H and O–H groups in total. The summed E-state index contributed by atoms with van der Waals surface area (Å²) in [6.45, 7) is 4.23. The number of hydrogen-bond acceptors (Lipinski definition) is 5. The summed E-state index contributed by atoms with van der Waals surface area (Å²) in [5, 5.41) is 4.33. The fraction of sp³-hybridized carbons (Fsp3) is 0.600. The normalized spacial score (nSPS) is 20.5. The third kappa shape index (κ3) is 2.35. The number of nitrogens with zero attached hydrogens (tertiary/aromatic N) is 1. The number of esters is 1. The zero-order chi connectivity index (χ0) is 10.7. The molecule has 1 aliphatic rings. The molecule has 1 aliphatic heterocycles. The van der Waals surface area contributed by atoms with Crippen molar-refractivity contribution in [3.05, 3.63) is 16.1 Å². The molecule has 1 atom stereocenters. The van der Waals surface area contributed by atoms with Gasteiger partial charge in [0.2, 0.25) is 0 Å². The van der Waals surface area contributed by atoms with Crippen LogP contribution in [0.1, 0.15) is 33.9 Å². The first-order valence-electron chi connectivity index (χ1n) is 5.15. The highest BCUT2D eigenvalue weighted by Gasteiger charge is 2.21. The van der Waals surface area contributed by atoms with Crippen LogP contribution in [0.15, 0.2) is 6.20 Å². The van der Waals surface area contributed by atoms with E-state index in [0.717, 1.165) is 24.5 Å². The van der Waals surface area contributed by atoms with Gasteiger partial charge < -0.3 is 10.1 Å². The molecule has 15 heavy (non-hydrogen) atoms. The van der Waals surface area contributed by atoms with Crippen molar-refractivity contribution in [2.75, 3.05) is 19.7 Å². The summed E-state index contributed by atoms with van der Waals surface area (Å²) in [5.41, 5.74) is 0. The predicted molar refractivity (Wildman–Crippen MR) is 58.3 cm³/mol. The minimum Gasteiger partial charge on any atom is -0.462 e. The van der Waals surface area contributed by atoms with E-state index < -0.39 is 0 Å². The maximum absolute atomic E-state index is 11.4. The highest BCUT2D eigenvalue weighted by atomic mass is 32.1. The van der Waals surface area contributed by atoms with Crippen molar-refractivity contribution in [1.29, 1.82) is 0 Å². The molecule has 0 bridgehead atoms. The fourth-order valence-corrected chi connectivity index (χ4v) is 2.58. The molecule has 0 amide bonds. The third-order valence-electron chi connectivity index (χ3n) is 2.41. The van der Waals surface area contributed by atoms with E-state index in [9.17, 15) is 4.79 Å². The third-order valence-corrected chi connectivity index (χ3v) is 3.55. The Bertz CT molecular complexity index is 345. The van der Waals surface area contributed by atoms with Crippen molar-refractivity contribution in [3.8, 4) is 0 Å². The zero-order valence-corrected chi connectivity index (χ0v) is 9.47. The lowest BCUT2D eigenvalue weighted by atomic mass is 10.1. The summed E-state index contributed by atoms with van der Waals surface area (Å²) in [4.78, 5) is 16.3. The molecule has 0 aliphatic carbocycles. The molecular weight excluding hydrogens is 212 g/mol. The molecular formula is C10H14N2O2S. The van der Waals surface area contributed by atoms with Gasteiger partial charge in [0.25, 0.3) is 0 Å². The second-order valence-corrected chi connectivity index (χ2v) is 4.54. The van der Waals surface area contributed by atoms with Crippen LogP contribution >= 0.6 is 11.3 Å². The molecule has 2 heterocycles. The van der Waals surface area contributed by atoms with Gasteiger partial charge in [-0.15, -0.1) is 11.3 Å². The number of ether oxygens (including phenoxy) is 1. The summed E-state index contributed by atoms with van der Waals surface area (Å²) in [6, 6.07) is 0. The number of nitrogens with one attached hydrogen (secondary N) is 1. The number of aromatic nitrogens is 1. The molecule has 0 unspecified atom stereocenters. The van der Waals surface area contributed by atoms with Gasteiger partial charge in [0.15, 0.2) is 0 Å². The predicted octanol–water partition coefficient (Wildman–Crippen LogP) is 1.40. The fourth-order valence-electron chi connectivity index (χ4n) is 1.64. The lowest BCUT2D eigenvalue weighted by Gasteiger charge is -2.01. The van der Waals surface area contributed by atoms with Crippen LogP contribution in [0.5, 0.6) is 0 Å². The monoisotopic (exact) mass is 226 g/mol. The van der Waals surface area contributed by atoms with E-state index in [-0.39, 0.29) is 5.97 Å². The first kappa shape index (κ1) is 10.6. The van der Waals surface area contributed by atoms with Gasteiger partial charge in [-0.05, 0) is 19.9 Å². The molecule has 1 aromatic rings. The molecule has 0 radical (unpaired) electrons. The van der Waals surface area contributed by atoms with E-state index in [1.807, 2.05) is 0 Å². The van der Waals surface area contributed by atoms with Crippen LogP contribution in [0.25, 0.3) is 0 Å². The largest absolute Gasteiger partial charge is 0.462 e. The van der Waals surface area contributed by atoms with Gasteiger partial charge in [0.05, 0.1) is 17.8 Å². The van der Waals surface area contributed by atoms with Gasteiger partial charge in [-0.1, -0.05) is 0 Å². The summed E-state index contributed by atoms with van der Waals surface area (Å²) in [5.74, 6) is 0.213. The molecule has 5 heteroatoms. The summed E-state index contributed by atoms with van der Waals surface area (Å²) in [6.07, 6.45) is 2.73. The summed E-state index contributed by atoms with van der Waals surface area (Å²) < 4.78 is 4.92. The summed E-state index contributed by atoms with van der Waals surface area (Å²) >= 11 is 1.45. The summed E-state index contributed by atoms with van der Waals surface area (Å²) in [7, 11) is 0. The van der Waals surface area contributed by atoms with Crippen LogP contribution in [0.2, 0.25) is 0 Å². The Balaban J connectivity index is 2.06. The lowest BCUT2D eigenvalue weighted by molar-refractivity contribution is 0.0532. The minimum atomic E-state index is -0.257. The Hall–Kier alpha value is -0.940. The Kier molecular flexibility index (Phi) is 3.33. The average molecular weight is 226 g/mol. The SMILES string of the molecule is CCOC(=O)c1cnc([C@@H]2CCNC2)s1. The highest BCUT2D eigenvalue weighted by Crippen LogP contribution is 2.26. The Morgan fingerprint density at radius 3 is 3.33 bits per heavy atom. The standard InChI is InChI=1S/C10H14N2O2S/c1-2-14-10(13)8-6-12-9(15-8)7-3-4-11-5-7/h6-7,11H,2-5H2,1H3/t7-/m1/s1. The smallest absolute Gasteiger partial charge is 0.349 e. The first-order valence-corrected chi connectivity index (χ1v) is 5.96. The van der Waals surface area contributed by atoms with E-state index in [4.69, 9.17) is 4.74 Å². The Morgan fingerprint density at radius 2 is 2.67 bits per heavy atom. The van der Waals surface area contributed by atoms with Crippen LogP contribution in [0.3, 0.4) is 0 Å². The van der Waals surface area contributed by atoms with Crippen LogP contribution < -0.4 is 5.32 Å². The van der Waals surface area contributed by atoms with E-state index in [2.05, 4.69) is 10.3 Å². The van der Waals surface area contributed by atoms with Crippen LogP contribution in [0.4, 0.5) is 0 Å². The van der Waals surface area contributed by atoms with Crippen molar-refractivity contribution < 1.29 is 9.53 Å². The molecule has 0 saturated carbocycles. The van der Waals surface area contributed by atoms with Gasteiger partial charge in [0.1, 0.15) is 4.88 Å². The van der Waals surface area contributed by atoms with E-state index in [1.54, 1.807) is 13.1 Å². The second kappa shape index (κ2) is 4.72. The Morgan fingerprint density at radius 1 is 1.80 bits per heavy atom. The molecule has 1 saturated heterocycles. The lowest BCUT2D eigenvalue weighted by Crippen LogP contribution is -2.07. The molecule has 82 valence electrons. The minimum absolute atomic E-state index is 0.257. The molecule has 1 aromatic heterocycles. The molecule has 4 nitrogen and oxygen atoms in total. The first-order chi connectivity index (χ1) is 7.31. The van der Waals surface area contributed by atoms with Gasteiger partial charge in [-0.3, -0.25) is 0 Å². The number of carbonyl (C=O) groups is 1. The van der Waals surface area contributed by atoms with E-state index >= 15 is 0 Å². The Labute approximate surface area is 92.7 Å². The van der Waals surface area contributed by atoms with Crippen molar-refractivity contribution in [1.82, 2.24) is 10.3 Å². The van der Waals surface area contributed by atoms with Gasteiger partial charge in [-0.2, -0.15) is 0 Å². The van der Waals surface area contributed by atoms with Gasteiger partial charge >= 0.3 is 5.97 Å². The second-order valence-electron chi connectivity index (χ2n) is 3.47. The van der Waals surface area contributed by atoms with Crippen molar-refractivity contribution in [3.63, 3.8) is 0 Å². The number of thiazole rings is 1. The van der Waals surface area contributed by atoms with Crippen molar-refractivity contribution in [2.24, 2.45) is 0 Å². The van der Waals surface area contributed by atoms with E-state index in [0.29, 0.717) is 17.4 Å². The van der Waals surface area contributed by atoms with Crippen LogP contribution in [0, 0.1) is 0 Å². The molecule has 0 aromatic carbocycles.